The molecule has 7 heteroatoms. The molecular formula is C22H22F2N2O2S. The van der Waals surface area contributed by atoms with E-state index in [0.717, 1.165) is 29.1 Å². The number of aromatic nitrogens is 1. The fourth-order valence-corrected chi connectivity index (χ4v) is 4.19. The molecule has 3 aromatic rings. The predicted molar refractivity (Wildman–Crippen MR) is 108 cm³/mol. The summed E-state index contributed by atoms with van der Waals surface area (Å²) in [5.41, 5.74) is 1.75. The highest BCUT2D eigenvalue weighted by molar-refractivity contribution is 7.09. The van der Waals surface area contributed by atoms with Crippen molar-refractivity contribution in [3.8, 4) is 5.75 Å². The first kappa shape index (κ1) is 19.9. The summed E-state index contributed by atoms with van der Waals surface area (Å²) in [5.74, 6) is 0.0863. The van der Waals surface area contributed by atoms with Crippen molar-refractivity contribution in [1.29, 1.82) is 0 Å². The number of ether oxygens (including phenoxy) is 2. The van der Waals surface area contributed by atoms with E-state index in [9.17, 15) is 8.78 Å². The van der Waals surface area contributed by atoms with Crippen molar-refractivity contribution in [3.05, 3.63) is 81.8 Å². The van der Waals surface area contributed by atoms with Gasteiger partial charge in [0.15, 0.2) is 0 Å². The van der Waals surface area contributed by atoms with Crippen LogP contribution in [0.3, 0.4) is 0 Å². The zero-order valence-corrected chi connectivity index (χ0v) is 16.7. The van der Waals surface area contributed by atoms with Gasteiger partial charge in [0.1, 0.15) is 29.0 Å². The van der Waals surface area contributed by atoms with E-state index in [2.05, 4.69) is 10.3 Å². The lowest BCUT2D eigenvalue weighted by Crippen LogP contribution is -2.46. The van der Waals surface area contributed by atoms with Crippen molar-refractivity contribution in [3.63, 3.8) is 0 Å². The third kappa shape index (κ3) is 4.98. The molecule has 1 saturated heterocycles. The molecule has 0 radical (unpaired) electrons. The van der Waals surface area contributed by atoms with Gasteiger partial charge in [-0.2, -0.15) is 0 Å². The number of hydrogen-bond acceptors (Lipinski definition) is 5. The molecule has 0 amide bonds. The van der Waals surface area contributed by atoms with Crippen LogP contribution in [0.5, 0.6) is 5.75 Å². The van der Waals surface area contributed by atoms with Gasteiger partial charge in [-0.15, -0.1) is 11.3 Å². The maximum Gasteiger partial charge on any atom is 0.140 e. The fourth-order valence-electron chi connectivity index (χ4n) is 3.49. The smallest absolute Gasteiger partial charge is 0.140 e. The molecule has 1 aliphatic heterocycles. The minimum absolute atomic E-state index is 0.235. The molecule has 1 N–H and O–H groups in total. The van der Waals surface area contributed by atoms with Crippen molar-refractivity contribution in [2.75, 3.05) is 13.2 Å². The largest absolute Gasteiger partial charge is 0.486 e. The van der Waals surface area contributed by atoms with Gasteiger partial charge in [-0.05, 0) is 54.8 Å². The summed E-state index contributed by atoms with van der Waals surface area (Å²) < 4.78 is 37.5. The number of nitrogens with zero attached hydrogens (tertiary/aromatic N) is 1. The van der Waals surface area contributed by atoms with Crippen LogP contribution < -0.4 is 10.1 Å². The van der Waals surface area contributed by atoms with Gasteiger partial charge >= 0.3 is 0 Å². The predicted octanol–water partition coefficient (Wildman–Crippen LogP) is 4.80. The second kappa shape index (κ2) is 8.98. The van der Waals surface area contributed by atoms with E-state index in [-0.39, 0.29) is 17.2 Å². The van der Waals surface area contributed by atoms with Crippen LogP contribution in [-0.4, -0.2) is 18.2 Å². The first-order valence-corrected chi connectivity index (χ1v) is 10.4. The summed E-state index contributed by atoms with van der Waals surface area (Å²) >= 11 is 1.53. The molecule has 2 heterocycles. The minimum atomic E-state index is -0.289. The molecule has 2 aromatic carbocycles. The number of hydrogen-bond donors (Lipinski definition) is 1. The molecule has 0 aliphatic carbocycles. The van der Waals surface area contributed by atoms with Crippen LogP contribution in [0.1, 0.15) is 29.1 Å². The molecule has 0 spiro atoms. The molecular weight excluding hydrogens is 394 g/mol. The molecule has 0 bridgehead atoms. The van der Waals surface area contributed by atoms with E-state index in [1.807, 2.05) is 17.5 Å². The van der Waals surface area contributed by atoms with Gasteiger partial charge in [-0.3, -0.25) is 0 Å². The summed E-state index contributed by atoms with van der Waals surface area (Å²) in [7, 11) is 0. The fraction of sp³-hybridized carbons (Fsp3) is 0.318. The van der Waals surface area contributed by atoms with Gasteiger partial charge in [-0.1, -0.05) is 12.1 Å². The van der Waals surface area contributed by atoms with Crippen molar-refractivity contribution in [2.24, 2.45) is 0 Å². The Labute approximate surface area is 172 Å². The topological polar surface area (TPSA) is 43.4 Å². The lowest BCUT2D eigenvalue weighted by Gasteiger charge is -2.38. The summed E-state index contributed by atoms with van der Waals surface area (Å²) in [5, 5.41) is 6.50. The highest BCUT2D eigenvalue weighted by atomic mass is 32.1. The maximum absolute atomic E-state index is 13.4. The summed E-state index contributed by atoms with van der Waals surface area (Å²) in [6.07, 6.45) is 1.65. The molecule has 1 aromatic heterocycles. The van der Waals surface area contributed by atoms with Crippen molar-refractivity contribution >= 4 is 11.3 Å². The second-order valence-corrected chi connectivity index (χ2v) is 7.97. The van der Waals surface area contributed by atoms with Gasteiger partial charge in [0.25, 0.3) is 0 Å². The Kier molecular flexibility index (Phi) is 6.18. The molecule has 152 valence electrons. The third-order valence-corrected chi connectivity index (χ3v) is 6.00. The van der Waals surface area contributed by atoms with Crippen LogP contribution in [0.15, 0.2) is 53.9 Å². The molecule has 4 nitrogen and oxygen atoms in total. The first-order valence-electron chi connectivity index (χ1n) is 9.53. The summed E-state index contributed by atoms with van der Waals surface area (Å²) in [6, 6.07) is 12.6. The lowest BCUT2D eigenvalue weighted by molar-refractivity contribution is 0.0356. The maximum atomic E-state index is 13.4. The van der Waals surface area contributed by atoms with Crippen LogP contribution in [0.25, 0.3) is 0 Å². The van der Waals surface area contributed by atoms with Gasteiger partial charge < -0.3 is 14.8 Å². The Morgan fingerprint density at radius 2 is 1.66 bits per heavy atom. The van der Waals surface area contributed by atoms with Gasteiger partial charge in [0, 0.05) is 30.7 Å². The summed E-state index contributed by atoms with van der Waals surface area (Å²) in [6.45, 7) is 2.27. The molecule has 0 atom stereocenters. The normalized spacial score (nSPS) is 15.9. The Balaban J connectivity index is 1.39. The molecule has 1 aliphatic rings. The summed E-state index contributed by atoms with van der Waals surface area (Å²) in [4.78, 5) is 4.63. The minimum Gasteiger partial charge on any atom is -0.486 e. The van der Waals surface area contributed by atoms with Crippen LogP contribution in [0.4, 0.5) is 8.78 Å². The van der Waals surface area contributed by atoms with E-state index in [4.69, 9.17) is 9.47 Å². The molecule has 29 heavy (non-hydrogen) atoms. The number of rotatable bonds is 7. The average molecular weight is 416 g/mol. The van der Waals surface area contributed by atoms with E-state index in [1.54, 1.807) is 12.1 Å². The third-order valence-electron chi connectivity index (χ3n) is 5.13. The standard InChI is InChI=1S/C22H22F2N2O2S/c23-17-3-1-16(2-4-17)22(9-11-27-12-10-22)25-13-19-15-29-21(26-19)14-28-20-7-5-18(24)6-8-20/h1-8,15,25H,9-14H2. The van der Waals surface area contributed by atoms with E-state index in [0.29, 0.717) is 32.1 Å². The van der Waals surface area contributed by atoms with Gasteiger partial charge in [-0.25, -0.2) is 13.8 Å². The van der Waals surface area contributed by atoms with Gasteiger partial charge in [0.2, 0.25) is 0 Å². The molecule has 1 fully saturated rings. The SMILES string of the molecule is Fc1ccc(OCc2nc(CNC3(c4ccc(F)cc4)CCOCC3)cs2)cc1. The highest BCUT2D eigenvalue weighted by Crippen LogP contribution is 2.32. The number of benzene rings is 2. The zero-order chi connectivity index (χ0) is 20.1. The van der Waals surface area contributed by atoms with E-state index in [1.165, 1.54) is 35.6 Å². The number of halogens is 2. The van der Waals surface area contributed by atoms with Gasteiger partial charge in [0.05, 0.1) is 5.69 Å². The Hall–Kier alpha value is -2.35. The van der Waals surface area contributed by atoms with Crippen LogP contribution in [0.2, 0.25) is 0 Å². The van der Waals surface area contributed by atoms with Crippen LogP contribution >= 0.6 is 11.3 Å². The first-order chi connectivity index (χ1) is 14.1. The Morgan fingerprint density at radius 3 is 2.34 bits per heavy atom. The van der Waals surface area contributed by atoms with Crippen molar-refractivity contribution < 1.29 is 18.3 Å². The number of thiazole rings is 1. The quantitative estimate of drug-likeness (QED) is 0.601. The average Bonchev–Trinajstić information content (AvgIpc) is 3.21. The van der Waals surface area contributed by atoms with Crippen LogP contribution in [0, 0.1) is 11.6 Å². The highest BCUT2D eigenvalue weighted by Gasteiger charge is 2.34. The second-order valence-electron chi connectivity index (χ2n) is 7.03. The Morgan fingerprint density at radius 1 is 1.00 bits per heavy atom. The lowest BCUT2D eigenvalue weighted by atomic mass is 9.82. The zero-order valence-electron chi connectivity index (χ0n) is 15.9. The van der Waals surface area contributed by atoms with E-state index < -0.39 is 0 Å². The van der Waals surface area contributed by atoms with Crippen LogP contribution in [-0.2, 0) is 23.4 Å². The molecule has 4 rings (SSSR count). The van der Waals surface area contributed by atoms with Crippen molar-refractivity contribution in [2.45, 2.75) is 31.5 Å². The number of nitrogens with one attached hydrogen (secondary N) is 1. The molecule has 0 unspecified atom stereocenters. The monoisotopic (exact) mass is 416 g/mol. The van der Waals surface area contributed by atoms with E-state index >= 15 is 0 Å². The Bertz CT molecular complexity index is 923. The molecule has 0 saturated carbocycles. The van der Waals surface area contributed by atoms with Crippen molar-refractivity contribution in [1.82, 2.24) is 10.3 Å².